The van der Waals surface area contributed by atoms with Gasteiger partial charge in [0.15, 0.2) is 0 Å². The minimum atomic E-state index is -0.711. The van der Waals surface area contributed by atoms with Gasteiger partial charge in [-0.3, -0.25) is 9.59 Å². The maximum absolute atomic E-state index is 11.9. The number of carbonyl (C=O) groups is 2. The highest BCUT2D eigenvalue weighted by Gasteiger charge is 2.19. The van der Waals surface area contributed by atoms with Crippen LogP contribution >= 0.6 is 0 Å². The molecule has 1 atom stereocenters. The molecule has 3 N–H and O–H groups in total. The zero-order chi connectivity index (χ0) is 18.9. The van der Waals surface area contributed by atoms with Gasteiger partial charge in [-0.2, -0.15) is 0 Å². The first-order valence-electron chi connectivity index (χ1n) is 8.78. The number of ether oxygens (including phenoxy) is 1. The van der Waals surface area contributed by atoms with Crippen LogP contribution in [0.3, 0.4) is 0 Å². The van der Waals surface area contributed by atoms with Crippen LogP contribution in [-0.4, -0.2) is 17.9 Å². The van der Waals surface area contributed by atoms with Crippen molar-refractivity contribution in [3.8, 4) is 5.75 Å². The molecule has 0 aliphatic carbocycles. The molecular formula is C21H26N2O3. The standard InChI is InChI=1S/C21H26N2O3/c1-15(2)12-20(24)23-19(21(22)25)13-16-8-10-18(11-9-16)26-14-17-6-4-3-5-7-17/h3-11,15,19H,12-14H2,1-2H3,(H2,22,25)(H,23,24)/t19-/m0/s1. The van der Waals surface area contributed by atoms with E-state index in [1.54, 1.807) is 0 Å². The summed E-state index contributed by atoms with van der Waals surface area (Å²) in [5.41, 5.74) is 7.43. The maximum Gasteiger partial charge on any atom is 0.240 e. The molecule has 0 spiro atoms. The fourth-order valence-corrected chi connectivity index (χ4v) is 2.55. The first kappa shape index (κ1) is 19.5. The Labute approximate surface area is 154 Å². The summed E-state index contributed by atoms with van der Waals surface area (Å²) in [4.78, 5) is 23.5. The fraction of sp³-hybridized carbons (Fsp3) is 0.333. The average molecular weight is 354 g/mol. The highest BCUT2D eigenvalue weighted by atomic mass is 16.5. The summed E-state index contributed by atoms with van der Waals surface area (Å²) < 4.78 is 5.75. The van der Waals surface area contributed by atoms with Crippen LogP contribution < -0.4 is 15.8 Å². The fourth-order valence-electron chi connectivity index (χ4n) is 2.55. The Balaban J connectivity index is 1.91. The lowest BCUT2D eigenvalue weighted by molar-refractivity contribution is -0.127. The third-order valence-electron chi connectivity index (χ3n) is 3.88. The van der Waals surface area contributed by atoms with Gasteiger partial charge in [-0.1, -0.05) is 56.3 Å². The number of carbonyl (C=O) groups excluding carboxylic acids is 2. The Morgan fingerprint density at radius 1 is 1.00 bits per heavy atom. The smallest absolute Gasteiger partial charge is 0.240 e. The number of nitrogens with one attached hydrogen (secondary N) is 1. The van der Waals surface area contributed by atoms with Crippen molar-refractivity contribution in [2.45, 2.75) is 39.3 Å². The molecule has 26 heavy (non-hydrogen) atoms. The first-order chi connectivity index (χ1) is 12.4. The van der Waals surface area contributed by atoms with Gasteiger partial charge in [0.1, 0.15) is 18.4 Å². The lowest BCUT2D eigenvalue weighted by atomic mass is 10.0. The van der Waals surface area contributed by atoms with E-state index >= 15 is 0 Å². The maximum atomic E-state index is 11.9. The molecule has 2 rings (SSSR count). The highest BCUT2D eigenvalue weighted by molar-refractivity contribution is 5.86. The molecule has 0 saturated heterocycles. The Hall–Kier alpha value is -2.82. The van der Waals surface area contributed by atoms with E-state index < -0.39 is 11.9 Å². The second-order valence-corrected chi connectivity index (χ2v) is 6.74. The van der Waals surface area contributed by atoms with Crippen LogP contribution in [0.5, 0.6) is 5.75 Å². The molecule has 0 aliphatic heterocycles. The summed E-state index contributed by atoms with van der Waals surface area (Å²) in [6.45, 7) is 4.40. The summed E-state index contributed by atoms with van der Waals surface area (Å²) in [7, 11) is 0. The highest BCUT2D eigenvalue weighted by Crippen LogP contribution is 2.15. The predicted molar refractivity (Wildman–Crippen MR) is 102 cm³/mol. The van der Waals surface area contributed by atoms with Gasteiger partial charge in [0, 0.05) is 12.8 Å². The zero-order valence-electron chi connectivity index (χ0n) is 15.3. The molecule has 5 nitrogen and oxygen atoms in total. The van der Waals surface area contributed by atoms with Crippen molar-refractivity contribution >= 4 is 11.8 Å². The van der Waals surface area contributed by atoms with E-state index in [0.29, 0.717) is 19.4 Å². The lowest BCUT2D eigenvalue weighted by Crippen LogP contribution is -2.46. The van der Waals surface area contributed by atoms with Crippen molar-refractivity contribution in [2.75, 3.05) is 0 Å². The summed E-state index contributed by atoms with van der Waals surface area (Å²) >= 11 is 0. The Kier molecular flexibility index (Phi) is 7.21. The zero-order valence-corrected chi connectivity index (χ0v) is 15.3. The number of amides is 2. The van der Waals surface area contributed by atoms with E-state index in [2.05, 4.69) is 5.32 Å². The molecule has 5 heteroatoms. The normalized spacial score (nSPS) is 11.8. The number of hydrogen-bond acceptors (Lipinski definition) is 3. The molecule has 2 amide bonds. The molecule has 138 valence electrons. The number of primary amides is 1. The van der Waals surface area contributed by atoms with Gasteiger partial charge in [0.25, 0.3) is 0 Å². The van der Waals surface area contributed by atoms with E-state index in [1.807, 2.05) is 68.4 Å². The van der Waals surface area contributed by atoms with Gasteiger partial charge in [-0.25, -0.2) is 0 Å². The van der Waals surface area contributed by atoms with Gasteiger partial charge in [0.05, 0.1) is 0 Å². The number of hydrogen-bond donors (Lipinski definition) is 2. The molecular weight excluding hydrogens is 328 g/mol. The third kappa shape index (κ3) is 6.59. The van der Waals surface area contributed by atoms with E-state index in [0.717, 1.165) is 16.9 Å². The number of benzene rings is 2. The second kappa shape index (κ2) is 9.61. The molecule has 0 unspecified atom stereocenters. The van der Waals surface area contributed by atoms with Crippen molar-refractivity contribution in [3.05, 3.63) is 65.7 Å². The third-order valence-corrected chi connectivity index (χ3v) is 3.88. The molecule has 0 radical (unpaired) electrons. The van der Waals surface area contributed by atoms with Gasteiger partial charge in [0.2, 0.25) is 11.8 Å². The monoisotopic (exact) mass is 354 g/mol. The van der Waals surface area contributed by atoms with Gasteiger partial charge < -0.3 is 15.8 Å². The predicted octanol–water partition coefficient (Wildman–Crippen LogP) is 2.82. The van der Waals surface area contributed by atoms with Crippen LogP contribution in [0, 0.1) is 5.92 Å². The van der Waals surface area contributed by atoms with Gasteiger partial charge >= 0.3 is 0 Å². The minimum absolute atomic E-state index is 0.161. The van der Waals surface area contributed by atoms with Crippen molar-refractivity contribution in [3.63, 3.8) is 0 Å². The SMILES string of the molecule is CC(C)CC(=O)N[C@@H](Cc1ccc(OCc2ccccc2)cc1)C(N)=O. The second-order valence-electron chi connectivity index (χ2n) is 6.74. The molecule has 0 heterocycles. The van der Waals surface area contributed by atoms with Crippen LogP contribution in [0.4, 0.5) is 0 Å². The van der Waals surface area contributed by atoms with Gasteiger partial charge in [-0.05, 0) is 29.2 Å². The van der Waals surface area contributed by atoms with Crippen LogP contribution in [0.1, 0.15) is 31.4 Å². The van der Waals surface area contributed by atoms with Gasteiger partial charge in [-0.15, -0.1) is 0 Å². The summed E-state index contributed by atoms with van der Waals surface area (Å²) in [5.74, 6) is 0.278. The summed E-state index contributed by atoms with van der Waals surface area (Å²) in [5, 5.41) is 2.71. The topological polar surface area (TPSA) is 81.4 Å². The van der Waals surface area contributed by atoms with Crippen molar-refractivity contribution in [1.29, 1.82) is 0 Å². The van der Waals surface area contributed by atoms with Crippen LogP contribution in [0.2, 0.25) is 0 Å². The number of nitrogens with two attached hydrogens (primary N) is 1. The minimum Gasteiger partial charge on any atom is -0.489 e. The van der Waals surface area contributed by atoms with Crippen molar-refractivity contribution in [2.24, 2.45) is 11.7 Å². The molecule has 0 fully saturated rings. The van der Waals surface area contributed by atoms with Crippen molar-refractivity contribution < 1.29 is 14.3 Å². The molecule has 0 aliphatic rings. The van der Waals surface area contributed by atoms with Crippen LogP contribution in [-0.2, 0) is 22.6 Å². The lowest BCUT2D eigenvalue weighted by Gasteiger charge is -2.16. The van der Waals surface area contributed by atoms with E-state index in [1.165, 1.54) is 0 Å². The van der Waals surface area contributed by atoms with E-state index in [-0.39, 0.29) is 11.8 Å². The largest absolute Gasteiger partial charge is 0.489 e. The molecule has 0 aromatic heterocycles. The average Bonchev–Trinajstić information content (AvgIpc) is 2.60. The van der Waals surface area contributed by atoms with Crippen molar-refractivity contribution in [1.82, 2.24) is 5.32 Å². The molecule has 2 aromatic carbocycles. The Morgan fingerprint density at radius 2 is 1.65 bits per heavy atom. The quantitative estimate of drug-likeness (QED) is 0.726. The number of rotatable bonds is 9. The molecule has 0 saturated carbocycles. The van der Waals surface area contributed by atoms with Crippen LogP contribution in [0.25, 0.3) is 0 Å². The Morgan fingerprint density at radius 3 is 2.23 bits per heavy atom. The Bertz CT molecular complexity index is 712. The van der Waals surface area contributed by atoms with E-state index in [4.69, 9.17) is 10.5 Å². The summed E-state index contributed by atoms with van der Waals surface area (Å²) in [6, 6.07) is 16.7. The first-order valence-corrected chi connectivity index (χ1v) is 8.78. The van der Waals surface area contributed by atoms with Crippen LogP contribution in [0.15, 0.2) is 54.6 Å². The van der Waals surface area contributed by atoms with E-state index in [9.17, 15) is 9.59 Å². The molecule has 0 bridgehead atoms. The molecule has 2 aromatic rings. The summed E-state index contributed by atoms with van der Waals surface area (Å²) in [6.07, 6.45) is 0.730.